The number of carbonyl (C=O) groups excluding carboxylic acids is 1. The molecule has 0 bridgehead atoms. The summed E-state index contributed by atoms with van der Waals surface area (Å²) in [6, 6.07) is 17.2. The SMILES string of the molecule is O=C(NCCCCN1CCN(c2ccccc2)CC1)c1nn(-c2ccccc2F)c2c1CCC2. The fourth-order valence-corrected chi connectivity index (χ4v) is 5.06. The summed E-state index contributed by atoms with van der Waals surface area (Å²) < 4.78 is 16.0. The fourth-order valence-electron chi connectivity index (χ4n) is 5.06. The van der Waals surface area contributed by atoms with Gasteiger partial charge in [-0.05, 0) is 62.9 Å². The number of nitrogens with one attached hydrogen (secondary N) is 1. The molecule has 0 unspecified atom stereocenters. The molecule has 1 aliphatic heterocycles. The van der Waals surface area contributed by atoms with Gasteiger partial charge in [0.15, 0.2) is 5.69 Å². The molecular weight excluding hydrogens is 429 g/mol. The highest BCUT2D eigenvalue weighted by molar-refractivity contribution is 5.94. The van der Waals surface area contributed by atoms with Crippen molar-refractivity contribution in [3.05, 3.63) is 77.4 Å². The first kappa shape index (κ1) is 22.6. The molecule has 1 aliphatic carbocycles. The number of hydrogen-bond donors (Lipinski definition) is 1. The molecule has 6 nitrogen and oxygen atoms in total. The highest BCUT2D eigenvalue weighted by Gasteiger charge is 2.27. The van der Waals surface area contributed by atoms with Gasteiger partial charge in [-0.25, -0.2) is 9.07 Å². The molecule has 0 atom stereocenters. The van der Waals surface area contributed by atoms with Crippen LogP contribution in [0.1, 0.15) is 41.0 Å². The van der Waals surface area contributed by atoms with Crippen LogP contribution in [0, 0.1) is 5.82 Å². The van der Waals surface area contributed by atoms with Gasteiger partial charge in [0, 0.05) is 49.7 Å². The van der Waals surface area contributed by atoms with Crippen LogP contribution < -0.4 is 10.2 Å². The van der Waals surface area contributed by atoms with Crippen molar-refractivity contribution in [1.82, 2.24) is 20.0 Å². The van der Waals surface area contributed by atoms with E-state index < -0.39 is 0 Å². The first-order valence-electron chi connectivity index (χ1n) is 12.4. The lowest BCUT2D eigenvalue weighted by Crippen LogP contribution is -2.46. The summed E-state index contributed by atoms with van der Waals surface area (Å²) in [6.07, 6.45) is 4.59. The van der Waals surface area contributed by atoms with Crippen molar-refractivity contribution in [3.8, 4) is 5.69 Å². The second-order valence-corrected chi connectivity index (χ2v) is 9.12. The van der Waals surface area contributed by atoms with Crippen molar-refractivity contribution < 1.29 is 9.18 Å². The van der Waals surface area contributed by atoms with Gasteiger partial charge >= 0.3 is 0 Å². The third-order valence-electron chi connectivity index (χ3n) is 6.91. The molecule has 3 aromatic rings. The minimum atomic E-state index is -0.323. The Morgan fingerprint density at radius 2 is 1.71 bits per heavy atom. The van der Waals surface area contributed by atoms with Gasteiger partial charge in [0.2, 0.25) is 0 Å². The highest BCUT2D eigenvalue weighted by atomic mass is 19.1. The van der Waals surface area contributed by atoms with Crippen LogP contribution in [0.25, 0.3) is 5.69 Å². The summed E-state index contributed by atoms with van der Waals surface area (Å²) in [7, 11) is 0. The minimum Gasteiger partial charge on any atom is -0.369 e. The standard InChI is InChI=1S/C27H32FN5O/c28-23-12-4-5-13-25(23)33-24-14-8-11-22(24)26(30-33)27(34)29-15-6-7-16-31-17-19-32(20-18-31)21-9-2-1-3-10-21/h1-5,9-10,12-13H,6-8,11,14-20H2,(H,29,34). The molecule has 1 amide bonds. The van der Waals surface area contributed by atoms with E-state index in [1.165, 1.54) is 11.8 Å². The van der Waals surface area contributed by atoms with Gasteiger partial charge < -0.3 is 10.2 Å². The smallest absolute Gasteiger partial charge is 0.272 e. The van der Waals surface area contributed by atoms with E-state index in [1.807, 2.05) is 0 Å². The summed E-state index contributed by atoms with van der Waals surface area (Å²) in [4.78, 5) is 17.8. The number of halogens is 1. The Hall–Kier alpha value is -3.19. The quantitative estimate of drug-likeness (QED) is 0.518. The second kappa shape index (κ2) is 10.4. The zero-order valence-corrected chi connectivity index (χ0v) is 19.5. The first-order chi connectivity index (χ1) is 16.7. The van der Waals surface area contributed by atoms with Crippen LogP contribution in [0.5, 0.6) is 0 Å². The van der Waals surface area contributed by atoms with Gasteiger partial charge in [-0.15, -0.1) is 0 Å². The Balaban J connectivity index is 1.08. The molecule has 7 heteroatoms. The van der Waals surface area contributed by atoms with E-state index in [1.54, 1.807) is 22.9 Å². The Morgan fingerprint density at radius 1 is 0.941 bits per heavy atom. The average Bonchev–Trinajstić information content (AvgIpc) is 3.48. The number of nitrogens with zero attached hydrogens (tertiary/aromatic N) is 4. The van der Waals surface area contributed by atoms with Gasteiger partial charge in [-0.2, -0.15) is 5.10 Å². The Bertz CT molecular complexity index is 1120. The molecule has 0 spiro atoms. The Labute approximate surface area is 200 Å². The number of rotatable bonds is 8. The molecule has 1 aromatic heterocycles. The van der Waals surface area contributed by atoms with Gasteiger partial charge in [0.25, 0.3) is 5.91 Å². The predicted octanol–water partition coefficient (Wildman–Crippen LogP) is 3.83. The van der Waals surface area contributed by atoms with Crippen LogP contribution in [-0.2, 0) is 12.8 Å². The zero-order valence-electron chi connectivity index (χ0n) is 19.5. The molecule has 5 rings (SSSR count). The molecule has 178 valence electrons. The molecule has 0 radical (unpaired) electrons. The summed E-state index contributed by atoms with van der Waals surface area (Å²) in [5, 5.41) is 7.56. The molecule has 1 fully saturated rings. The monoisotopic (exact) mass is 461 g/mol. The summed E-state index contributed by atoms with van der Waals surface area (Å²) in [6.45, 7) is 5.93. The zero-order chi connectivity index (χ0) is 23.3. The lowest BCUT2D eigenvalue weighted by atomic mass is 10.2. The maximum absolute atomic E-state index is 14.3. The molecule has 2 heterocycles. The molecule has 1 N–H and O–H groups in total. The number of fused-ring (bicyclic) bond motifs is 1. The van der Waals surface area contributed by atoms with Crippen LogP contribution in [0.2, 0.25) is 0 Å². The predicted molar refractivity (Wildman–Crippen MR) is 132 cm³/mol. The Kier molecular flexibility index (Phi) is 6.90. The van der Waals surface area contributed by atoms with Crippen molar-refractivity contribution >= 4 is 11.6 Å². The van der Waals surface area contributed by atoms with E-state index in [0.717, 1.165) is 76.1 Å². The van der Waals surface area contributed by atoms with E-state index in [-0.39, 0.29) is 11.7 Å². The van der Waals surface area contributed by atoms with Crippen molar-refractivity contribution in [1.29, 1.82) is 0 Å². The second-order valence-electron chi connectivity index (χ2n) is 9.12. The number of anilines is 1. The lowest BCUT2D eigenvalue weighted by molar-refractivity contribution is 0.0946. The maximum Gasteiger partial charge on any atom is 0.272 e. The molecule has 1 saturated heterocycles. The molecule has 0 saturated carbocycles. The number of para-hydroxylation sites is 2. The minimum absolute atomic E-state index is 0.148. The average molecular weight is 462 g/mol. The van der Waals surface area contributed by atoms with Gasteiger partial charge in [-0.3, -0.25) is 9.69 Å². The van der Waals surface area contributed by atoms with Crippen molar-refractivity contribution in [2.45, 2.75) is 32.1 Å². The largest absolute Gasteiger partial charge is 0.369 e. The van der Waals surface area contributed by atoms with E-state index in [4.69, 9.17) is 0 Å². The third kappa shape index (κ3) is 4.85. The van der Waals surface area contributed by atoms with Crippen LogP contribution in [0.4, 0.5) is 10.1 Å². The number of amides is 1. The molecule has 2 aromatic carbocycles. The third-order valence-corrected chi connectivity index (χ3v) is 6.91. The van der Waals surface area contributed by atoms with Crippen LogP contribution >= 0.6 is 0 Å². The topological polar surface area (TPSA) is 53.4 Å². The van der Waals surface area contributed by atoms with Gasteiger partial charge in [-0.1, -0.05) is 30.3 Å². The van der Waals surface area contributed by atoms with Gasteiger partial charge in [0.1, 0.15) is 11.5 Å². The van der Waals surface area contributed by atoms with Crippen LogP contribution in [-0.4, -0.2) is 59.9 Å². The first-order valence-corrected chi connectivity index (χ1v) is 12.4. The van der Waals surface area contributed by atoms with E-state index >= 15 is 0 Å². The lowest BCUT2D eigenvalue weighted by Gasteiger charge is -2.36. The molecular formula is C27H32FN5O. The van der Waals surface area contributed by atoms with E-state index in [0.29, 0.717) is 17.9 Å². The van der Waals surface area contributed by atoms with Crippen LogP contribution in [0.15, 0.2) is 54.6 Å². The molecule has 34 heavy (non-hydrogen) atoms. The summed E-state index contributed by atoms with van der Waals surface area (Å²) >= 11 is 0. The van der Waals surface area contributed by atoms with Crippen molar-refractivity contribution in [3.63, 3.8) is 0 Å². The number of benzene rings is 2. The Morgan fingerprint density at radius 3 is 2.50 bits per heavy atom. The summed E-state index contributed by atoms with van der Waals surface area (Å²) in [5.74, 6) is -0.471. The fraction of sp³-hybridized carbons (Fsp3) is 0.407. The van der Waals surface area contributed by atoms with Gasteiger partial charge in [0.05, 0.1) is 0 Å². The number of carbonyl (C=O) groups is 1. The maximum atomic E-state index is 14.3. The normalized spacial score (nSPS) is 16.0. The van der Waals surface area contributed by atoms with Crippen molar-refractivity contribution in [2.75, 3.05) is 44.2 Å². The number of aromatic nitrogens is 2. The number of unbranched alkanes of at least 4 members (excludes halogenated alkanes) is 1. The molecule has 2 aliphatic rings. The number of hydrogen-bond acceptors (Lipinski definition) is 4. The summed E-state index contributed by atoms with van der Waals surface area (Å²) in [5.41, 5.74) is 4.09. The highest BCUT2D eigenvalue weighted by Crippen LogP contribution is 2.28. The van der Waals surface area contributed by atoms with E-state index in [2.05, 4.69) is 50.5 Å². The van der Waals surface area contributed by atoms with Crippen LogP contribution in [0.3, 0.4) is 0 Å². The number of piperazine rings is 1. The van der Waals surface area contributed by atoms with Crippen molar-refractivity contribution in [2.24, 2.45) is 0 Å². The van der Waals surface area contributed by atoms with E-state index in [9.17, 15) is 9.18 Å².